The molecule has 0 saturated carbocycles. The maximum Gasteiger partial charge on any atom is 0.118 e. The normalized spacial score (nSPS) is 11.0. The van der Waals surface area contributed by atoms with Gasteiger partial charge in [0.05, 0.1) is 5.69 Å². The van der Waals surface area contributed by atoms with Crippen molar-refractivity contribution in [3.63, 3.8) is 0 Å². The highest BCUT2D eigenvalue weighted by Gasteiger charge is 2.23. The molecule has 2 aromatic carbocycles. The average molecular weight is 423 g/mol. The maximum atomic E-state index is 10.5. The van der Waals surface area contributed by atoms with Gasteiger partial charge < -0.3 is 14.6 Å². The molecule has 0 fully saturated rings. The lowest BCUT2D eigenvalue weighted by atomic mass is 9.95. The summed E-state index contributed by atoms with van der Waals surface area (Å²) in [5.41, 5.74) is 7.14. The van der Waals surface area contributed by atoms with Crippen molar-refractivity contribution in [2.24, 2.45) is 7.05 Å². The summed E-state index contributed by atoms with van der Waals surface area (Å²) < 4.78 is 2.12. The van der Waals surface area contributed by atoms with Crippen LogP contribution in [0.1, 0.15) is 37.9 Å². The summed E-state index contributed by atoms with van der Waals surface area (Å²) in [4.78, 5) is 2.43. The van der Waals surface area contributed by atoms with Crippen LogP contribution in [0.3, 0.4) is 0 Å². The van der Waals surface area contributed by atoms with Crippen LogP contribution < -0.4 is 4.90 Å². The highest BCUT2D eigenvalue weighted by Crippen LogP contribution is 2.42. The number of rotatable bonds is 8. The molecule has 0 aliphatic heterocycles. The summed E-state index contributed by atoms with van der Waals surface area (Å²) >= 11 is 6.13. The van der Waals surface area contributed by atoms with Crippen LogP contribution >= 0.6 is 11.6 Å². The molecule has 158 valence electrons. The fraction of sp³-hybridized carbons (Fsp3) is 0.308. The van der Waals surface area contributed by atoms with E-state index in [4.69, 9.17) is 11.6 Å². The third-order valence-electron chi connectivity index (χ3n) is 5.58. The summed E-state index contributed by atoms with van der Waals surface area (Å²) in [6, 6.07) is 16.4. The van der Waals surface area contributed by atoms with Crippen molar-refractivity contribution in [1.29, 1.82) is 0 Å². The average Bonchev–Trinajstić information content (AvgIpc) is 3.00. The summed E-state index contributed by atoms with van der Waals surface area (Å²) in [6.07, 6.45) is 2.20. The first-order valence-corrected chi connectivity index (χ1v) is 11.0. The van der Waals surface area contributed by atoms with E-state index in [2.05, 4.69) is 54.2 Å². The lowest BCUT2D eigenvalue weighted by Gasteiger charge is -2.24. The van der Waals surface area contributed by atoms with Gasteiger partial charge in [-0.1, -0.05) is 56.3 Å². The lowest BCUT2D eigenvalue weighted by molar-refractivity contribution is 0.513. The smallest absolute Gasteiger partial charge is 0.118 e. The Morgan fingerprint density at radius 3 is 2.23 bits per heavy atom. The highest BCUT2D eigenvalue weighted by atomic mass is 35.5. The van der Waals surface area contributed by atoms with Gasteiger partial charge in [0, 0.05) is 47.7 Å². The van der Waals surface area contributed by atoms with Crippen LogP contribution in [0, 0.1) is 6.92 Å². The Morgan fingerprint density at radius 2 is 1.67 bits per heavy atom. The van der Waals surface area contributed by atoms with Gasteiger partial charge in [0.25, 0.3) is 0 Å². The Morgan fingerprint density at radius 1 is 1.03 bits per heavy atom. The first kappa shape index (κ1) is 22.0. The Kier molecular flexibility index (Phi) is 6.94. The molecule has 0 radical (unpaired) electrons. The summed E-state index contributed by atoms with van der Waals surface area (Å²) in [5.74, 6) is 0.0858. The van der Waals surface area contributed by atoms with E-state index in [-0.39, 0.29) is 5.76 Å². The molecule has 1 aromatic heterocycles. The van der Waals surface area contributed by atoms with E-state index in [1.54, 1.807) is 0 Å². The molecule has 30 heavy (non-hydrogen) atoms. The first-order chi connectivity index (χ1) is 14.4. The van der Waals surface area contributed by atoms with Gasteiger partial charge in [0.15, 0.2) is 0 Å². The minimum atomic E-state index is 0.0858. The Labute approximate surface area is 185 Å². The zero-order valence-corrected chi connectivity index (χ0v) is 19.1. The highest BCUT2D eigenvalue weighted by molar-refractivity contribution is 6.30. The van der Waals surface area contributed by atoms with Crippen LogP contribution in [0.2, 0.25) is 5.02 Å². The summed E-state index contributed by atoms with van der Waals surface area (Å²) in [7, 11) is 2.03. The van der Waals surface area contributed by atoms with E-state index < -0.39 is 0 Å². The Balaban J connectivity index is 2.25. The Hall–Kier alpha value is -2.65. The van der Waals surface area contributed by atoms with Crippen molar-refractivity contribution in [2.45, 2.75) is 33.6 Å². The number of aromatic nitrogens is 1. The second kappa shape index (κ2) is 9.44. The molecular formula is C26H31ClN2O. The molecule has 0 saturated heterocycles. The van der Waals surface area contributed by atoms with Crippen LogP contribution in [0.5, 0.6) is 0 Å². The zero-order chi connectivity index (χ0) is 21.8. The van der Waals surface area contributed by atoms with Crippen LogP contribution in [0.4, 0.5) is 5.69 Å². The van der Waals surface area contributed by atoms with E-state index in [0.29, 0.717) is 5.02 Å². The van der Waals surface area contributed by atoms with Gasteiger partial charge in [-0.15, -0.1) is 0 Å². The van der Waals surface area contributed by atoms with Crippen molar-refractivity contribution in [3.05, 3.63) is 71.4 Å². The predicted molar refractivity (Wildman–Crippen MR) is 130 cm³/mol. The molecule has 0 aliphatic rings. The second-order valence-corrected chi connectivity index (χ2v) is 8.17. The van der Waals surface area contributed by atoms with Gasteiger partial charge in [-0.2, -0.15) is 0 Å². The van der Waals surface area contributed by atoms with Gasteiger partial charge >= 0.3 is 0 Å². The first-order valence-electron chi connectivity index (χ1n) is 10.6. The number of nitrogens with zero attached hydrogens (tertiary/aromatic N) is 2. The van der Waals surface area contributed by atoms with Gasteiger partial charge in [-0.05, 0) is 55.2 Å². The molecule has 0 atom stereocenters. The predicted octanol–water partition coefficient (Wildman–Crippen LogP) is 7.48. The third kappa shape index (κ3) is 4.27. The quantitative estimate of drug-likeness (QED) is 0.381. The minimum Gasteiger partial charge on any atom is -0.508 e. The molecule has 0 bridgehead atoms. The SMILES string of the molecule is C=C(O)c1c(-c2cccc(N(CCC)CCC)c2)c(-c2ccc(Cl)cc2)n(C)c1C. The van der Waals surface area contributed by atoms with E-state index in [1.165, 1.54) is 5.69 Å². The molecule has 3 nitrogen and oxygen atoms in total. The summed E-state index contributed by atoms with van der Waals surface area (Å²) in [5, 5.41) is 11.2. The number of halogens is 1. The fourth-order valence-electron chi connectivity index (χ4n) is 4.15. The third-order valence-corrected chi connectivity index (χ3v) is 5.83. The van der Waals surface area contributed by atoms with Crippen molar-refractivity contribution in [3.8, 4) is 22.4 Å². The van der Waals surface area contributed by atoms with Crippen molar-refractivity contribution < 1.29 is 5.11 Å². The number of aliphatic hydroxyl groups is 1. The summed E-state index contributed by atoms with van der Waals surface area (Å²) in [6.45, 7) is 12.3. The molecule has 3 aromatic rings. The van der Waals surface area contributed by atoms with E-state index in [1.807, 2.05) is 38.2 Å². The Bertz CT molecular complexity index is 1030. The molecule has 0 amide bonds. The molecule has 4 heteroatoms. The number of benzene rings is 2. The monoisotopic (exact) mass is 422 g/mol. The van der Waals surface area contributed by atoms with E-state index in [0.717, 1.165) is 59.6 Å². The van der Waals surface area contributed by atoms with Gasteiger partial charge in [-0.3, -0.25) is 0 Å². The lowest BCUT2D eigenvalue weighted by Crippen LogP contribution is -2.24. The van der Waals surface area contributed by atoms with Crippen LogP contribution in [-0.4, -0.2) is 22.8 Å². The maximum absolute atomic E-state index is 10.5. The molecule has 3 rings (SSSR count). The molecule has 0 unspecified atom stereocenters. The fourth-order valence-corrected chi connectivity index (χ4v) is 4.28. The molecule has 1 N–H and O–H groups in total. The number of aliphatic hydroxyl groups excluding tert-OH is 1. The molecular weight excluding hydrogens is 392 g/mol. The van der Waals surface area contributed by atoms with Crippen molar-refractivity contribution >= 4 is 23.0 Å². The molecule has 0 spiro atoms. The molecule has 1 heterocycles. The largest absolute Gasteiger partial charge is 0.508 e. The van der Waals surface area contributed by atoms with Gasteiger partial charge in [0.2, 0.25) is 0 Å². The van der Waals surface area contributed by atoms with Gasteiger partial charge in [0.1, 0.15) is 5.76 Å². The minimum absolute atomic E-state index is 0.0858. The molecule has 0 aliphatic carbocycles. The number of anilines is 1. The van der Waals surface area contributed by atoms with Gasteiger partial charge in [-0.25, -0.2) is 0 Å². The van der Waals surface area contributed by atoms with Crippen molar-refractivity contribution in [2.75, 3.05) is 18.0 Å². The van der Waals surface area contributed by atoms with Crippen LogP contribution in [0.15, 0.2) is 55.1 Å². The number of hydrogen-bond acceptors (Lipinski definition) is 2. The van der Waals surface area contributed by atoms with Crippen LogP contribution in [-0.2, 0) is 7.05 Å². The van der Waals surface area contributed by atoms with E-state index in [9.17, 15) is 5.11 Å². The second-order valence-electron chi connectivity index (χ2n) is 7.73. The standard InChI is InChI=1S/C26H31ClN2O/c1-6-15-29(16-7-2)23-10-8-9-21(17-23)25-24(19(4)30)18(3)28(5)26(25)20-11-13-22(27)14-12-20/h8-14,17,30H,4,6-7,15-16H2,1-3,5H3. The number of hydrogen-bond donors (Lipinski definition) is 1. The zero-order valence-electron chi connectivity index (χ0n) is 18.4. The topological polar surface area (TPSA) is 28.4 Å². The van der Waals surface area contributed by atoms with Crippen LogP contribution in [0.25, 0.3) is 28.1 Å². The van der Waals surface area contributed by atoms with E-state index >= 15 is 0 Å². The van der Waals surface area contributed by atoms with Crippen molar-refractivity contribution in [1.82, 2.24) is 4.57 Å².